The molecule has 2 nitrogen and oxygen atoms in total. The molecule has 1 aliphatic rings. The second kappa shape index (κ2) is 4.07. The highest BCUT2D eigenvalue weighted by atomic mass is 79.9. The van der Waals surface area contributed by atoms with E-state index in [4.69, 9.17) is 4.42 Å². The maximum Gasteiger partial charge on any atom is 0.169 e. The summed E-state index contributed by atoms with van der Waals surface area (Å²) in [7, 11) is 0. The minimum absolute atomic E-state index is 0.693. The monoisotopic (exact) mass is 257 g/mol. The minimum Gasteiger partial charge on any atom is -0.457 e. The van der Waals surface area contributed by atoms with Gasteiger partial charge in [0.25, 0.3) is 0 Å². The number of halogens is 1. The van der Waals surface area contributed by atoms with Crippen LogP contribution in [0.5, 0.6) is 0 Å². The molecule has 1 N–H and O–H groups in total. The van der Waals surface area contributed by atoms with Crippen molar-refractivity contribution in [3.63, 3.8) is 0 Å². The van der Waals surface area contributed by atoms with Gasteiger partial charge in [-0.1, -0.05) is 13.8 Å². The Morgan fingerprint density at radius 3 is 2.86 bits per heavy atom. The predicted octanol–water partition coefficient (Wildman–Crippen LogP) is 3.18. The predicted molar refractivity (Wildman–Crippen MR) is 60.0 cm³/mol. The van der Waals surface area contributed by atoms with Crippen LogP contribution in [-0.2, 0) is 6.54 Å². The molecule has 1 heterocycles. The van der Waals surface area contributed by atoms with E-state index in [1.165, 1.54) is 12.0 Å². The van der Waals surface area contributed by atoms with E-state index in [9.17, 15) is 0 Å². The lowest BCUT2D eigenvalue weighted by atomic mass is 9.71. The summed E-state index contributed by atoms with van der Waals surface area (Å²) < 4.78 is 5.98. The molecule has 0 spiro atoms. The van der Waals surface area contributed by atoms with Gasteiger partial charge in [0.1, 0.15) is 0 Å². The van der Waals surface area contributed by atoms with E-state index in [0.717, 1.165) is 23.1 Å². The fourth-order valence-corrected chi connectivity index (χ4v) is 2.37. The van der Waals surface area contributed by atoms with Crippen molar-refractivity contribution in [2.75, 3.05) is 0 Å². The van der Waals surface area contributed by atoms with E-state index < -0.39 is 0 Å². The van der Waals surface area contributed by atoms with Gasteiger partial charge in [-0.3, -0.25) is 0 Å². The first-order valence-corrected chi connectivity index (χ1v) is 5.92. The molecule has 1 aromatic heterocycles. The van der Waals surface area contributed by atoms with Crippen molar-refractivity contribution in [3.05, 3.63) is 22.6 Å². The third-order valence-electron chi connectivity index (χ3n) is 3.35. The van der Waals surface area contributed by atoms with Crippen molar-refractivity contribution in [1.82, 2.24) is 5.32 Å². The molecule has 1 aliphatic carbocycles. The van der Waals surface area contributed by atoms with Crippen LogP contribution in [0.15, 0.2) is 21.4 Å². The second-order valence-electron chi connectivity index (χ2n) is 4.32. The van der Waals surface area contributed by atoms with E-state index in [2.05, 4.69) is 35.1 Å². The summed E-state index contributed by atoms with van der Waals surface area (Å²) in [4.78, 5) is 0. The second-order valence-corrected chi connectivity index (χ2v) is 5.10. The number of hydrogen-bond donors (Lipinski definition) is 1. The van der Waals surface area contributed by atoms with Gasteiger partial charge in [0.2, 0.25) is 0 Å². The highest BCUT2D eigenvalue weighted by Gasteiger charge is 2.33. The van der Waals surface area contributed by atoms with E-state index in [1.807, 2.05) is 6.07 Å². The molecule has 3 atom stereocenters. The van der Waals surface area contributed by atoms with Gasteiger partial charge in [0.05, 0.1) is 6.26 Å². The Hall–Kier alpha value is -0.280. The zero-order valence-corrected chi connectivity index (χ0v) is 10.2. The Morgan fingerprint density at radius 2 is 2.36 bits per heavy atom. The highest BCUT2D eigenvalue weighted by molar-refractivity contribution is 9.10. The van der Waals surface area contributed by atoms with Crippen LogP contribution < -0.4 is 5.32 Å². The van der Waals surface area contributed by atoms with Gasteiger partial charge in [-0.05, 0) is 40.3 Å². The summed E-state index contributed by atoms with van der Waals surface area (Å²) in [5.74, 6) is 1.69. The van der Waals surface area contributed by atoms with Crippen molar-refractivity contribution < 1.29 is 4.42 Å². The SMILES string of the molecule is CC1CC(NCc2coc(Br)c2)C1C. The minimum atomic E-state index is 0.693. The molecule has 0 aromatic carbocycles. The Balaban J connectivity index is 1.78. The van der Waals surface area contributed by atoms with E-state index >= 15 is 0 Å². The quantitative estimate of drug-likeness (QED) is 0.900. The van der Waals surface area contributed by atoms with Crippen LogP contribution in [0, 0.1) is 11.8 Å². The average Bonchev–Trinajstić information content (AvgIpc) is 2.58. The van der Waals surface area contributed by atoms with Gasteiger partial charge < -0.3 is 9.73 Å². The fraction of sp³-hybridized carbons (Fsp3) is 0.636. The van der Waals surface area contributed by atoms with Gasteiger partial charge in [-0.2, -0.15) is 0 Å². The van der Waals surface area contributed by atoms with Crippen LogP contribution >= 0.6 is 15.9 Å². The summed E-state index contributed by atoms with van der Waals surface area (Å²) in [6.07, 6.45) is 3.10. The lowest BCUT2D eigenvalue weighted by Gasteiger charge is -2.41. The number of hydrogen-bond acceptors (Lipinski definition) is 2. The van der Waals surface area contributed by atoms with Gasteiger partial charge in [0.15, 0.2) is 4.67 Å². The van der Waals surface area contributed by atoms with Crippen molar-refractivity contribution in [3.8, 4) is 0 Å². The van der Waals surface area contributed by atoms with Crippen LogP contribution in [0.2, 0.25) is 0 Å². The molecule has 0 aliphatic heterocycles. The zero-order chi connectivity index (χ0) is 10.1. The van der Waals surface area contributed by atoms with Crippen molar-refractivity contribution >= 4 is 15.9 Å². The molecule has 2 rings (SSSR count). The van der Waals surface area contributed by atoms with E-state index in [0.29, 0.717) is 6.04 Å². The van der Waals surface area contributed by atoms with Crippen molar-refractivity contribution in [2.24, 2.45) is 11.8 Å². The first-order valence-electron chi connectivity index (χ1n) is 5.13. The molecule has 3 unspecified atom stereocenters. The van der Waals surface area contributed by atoms with Crippen LogP contribution in [-0.4, -0.2) is 6.04 Å². The number of rotatable bonds is 3. The fourth-order valence-electron chi connectivity index (χ4n) is 1.99. The molecular formula is C11H16BrNO. The van der Waals surface area contributed by atoms with Crippen LogP contribution in [0.25, 0.3) is 0 Å². The third-order valence-corrected chi connectivity index (χ3v) is 3.76. The normalized spacial score (nSPS) is 31.5. The zero-order valence-electron chi connectivity index (χ0n) is 8.59. The smallest absolute Gasteiger partial charge is 0.169 e. The summed E-state index contributed by atoms with van der Waals surface area (Å²) >= 11 is 3.30. The van der Waals surface area contributed by atoms with Crippen LogP contribution in [0.1, 0.15) is 25.8 Å². The highest BCUT2D eigenvalue weighted by Crippen LogP contribution is 2.33. The van der Waals surface area contributed by atoms with Gasteiger partial charge >= 0.3 is 0 Å². The van der Waals surface area contributed by atoms with Crippen LogP contribution in [0.3, 0.4) is 0 Å². The summed E-state index contributed by atoms with van der Waals surface area (Å²) in [6.45, 7) is 5.55. The van der Waals surface area contributed by atoms with Crippen molar-refractivity contribution in [2.45, 2.75) is 32.9 Å². The molecule has 1 aromatic rings. The Kier molecular flexibility index (Phi) is 2.98. The molecule has 0 bridgehead atoms. The molecule has 78 valence electrons. The average molecular weight is 258 g/mol. The third kappa shape index (κ3) is 2.04. The first kappa shape index (κ1) is 10.2. The Morgan fingerprint density at radius 1 is 1.57 bits per heavy atom. The lowest BCUT2D eigenvalue weighted by molar-refractivity contribution is 0.136. The maximum atomic E-state index is 5.17. The molecule has 0 saturated heterocycles. The summed E-state index contributed by atoms with van der Waals surface area (Å²) in [5, 5.41) is 3.55. The molecule has 0 amide bonds. The Bertz CT molecular complexity index is 310. The Labute approximate surface area is 93.2 Å². The molecule has 1 saturated carbocycles. The van der Waals surface area contributed by atoms with Crippen molar-refractivity contribution in [1.29, 1.82) is 0 Å². The largest absolute Gasteiger partial charge is 0.457 e. The number of nitrogens with one attached hydrogen (secondary N) is 1. The lowest BCUT2D eigenvalue weighted by Crippen LogP contribution is -2.47. The number of furan rings is 1. The summed E-state index contributed by atoms with van der Waals surface area (Å²) in [6, 6.07) is 2.71. The molecule has 0 radical (unpaired) electrons. The first-order chi connectivity index (χ1) is 6.66. The summed E-state index contributed by atoms with van der Waals surface area (Å²) in [5.41, 5.74) is 1.21. The van der Waals surface area contributed by atoms with Gasteiger partial charge in [-0.15, -0.1) is 0 Å². The van der Waals surface area contributed by atoms with E-state index in [1.54, 1.807) is 6.26 Å². The molecule has 3 heteroatoms. The molecule has 1 fully saturated rings. The molecular weight excluding hydrogens is 242 g/mol. The van der Waals surface area contributed by atoms with Gasteiger partial charge in [-0.25, -0.2) is 0 Å². The topological polar surface area (TPSA) is 25.2 Å². The van der Waals surface area contributed by atoms with Crippen LogP contribution in [0.4, 0.5) is 0 Å². The molecule has 14 heavy (non-hydrogen) atoms. The van der Waals surface area contributed by atoms with E-state index in [-0.39, 0.29) is 0 Å². The standard InChI is InChI=1S/C11H16BrNO/c1-7-3-10(8(7)2)13-5-9-4-11(12)14-6-9/h4,6-8,10,13H,3,5H2,1-2H3. The maximum absolute atomic E-state index is 5.17. The van der Waals surface area contributed by atoms with Gasteiger partial charge in [0, 0.05) is 18.2 Å².